The van der Waals surface area contributed by atoms with Crippen LogP contribution in [0.15, 0.2) is 36.4 Å². The van der Waals surface area contributed by atoms with Gasteiger partial charge in [0.15, 0.2) is 0 Å². The van der Waals surface area contributed by atoms with Crippen LogP contribution in [0.1, 0.15) is 29.5 Å². The molecule has 1 aliphatic rings. The Bertz CT molecular complexity index is 609. The van der Waals surface area contributed by atoms with Gasteiger partial charge in [-0.05, 0) is 55.5 Å². The molecular weight excluding hydrogens is 266 g/mol. The summed E-state index contributed by atoms with van der Waals surface area (Å²) >= 11 is 6.20. The van der Waals surface area contributed by atoms with Gasteiger partial charge >= 0.3 is 0 Å². The number of hydrogen-bond donors (Lipinski definition) is 1. The van der Waals surface area contributed by atoms with E-state index in [-0.39, 0.29) is 0 Å². The fourth-order valence-corrected chi connectivity index (χ4v) is 2.82. The SMILES string of the molecule is Cc1cc(C)cc(-c2cc(Cl)ccc2CNC2CC2)c1. The molecule has 0 spiro atoms. The standard InChI is InChI=1S/C18H20ClN/c1-12-7-13(2)9-15(8-12)18-10-16(19)4-3-14(18)11-20-17-5-6-17/h3-4,7-10,17,20H,5-6,11H2,1-2H3. The van der Waals surface area contributed by atoms with E-state index >= 15 is 0 Å². The Kier molecular flexibility index (Phi) is 3.82. The van der Waals surface area contributed by atoms with E-state index < -0.39 is 0 Å². The topological polar surface area (TPSA) is 12.0 Å². The van der Waals surface area contributed by atoms with Gasteiger partial charge < -0.3 is 5.32 Å². The molecule has 0 atom stereocenters. The Morgan fingerprint density at radius 1 is 1.05 bits per heavy atom. The molecule has 20 heavy (non-hydrogen) atoms. The lowest BCUT2D eigenvalue weighted by molar-refractivity contribution is 0.689. The van der Waals surface area contributed by atoms with E-state index in [1.807, 2.05) is 6.07 Å². The highest BCUT2D eigenvalue weighted by atomic mass is 35.5. The van der Waals surface area contributed by atoms with Gasteiger partial charge in [0.05, 0.1) is 0 Å². The fraction of sp³-hybridized carbons (Fsp3) is 0.333. The number of benzene rings is 2. The van der Waals surface area contributed by atoms with Gasteiger partial charge in [-0.3, -0.25) is 0 Å². The second-order valence-corrected chi connectivity index (χ2v) is 6.27. The van der Waals surface area contributed by atoms with Crippen molar-refractivity contribution in [2.24, 2.45) is 0 Å². The number of nitrogens with one attached hydrogen (secondary N) is 1. The maximum absolute atomic E-state index is 6.20. The molecule has 0 saturated heterocycles. The zero-order chi connectivity index (χ0) is 14.1. The molecular formula is C18H20ClN. The molecule has 1 nitrogen and oxygen atoms in total. The largest absolute Gasteiger partial charge is 0.310 e. The van der Waals surface area contributed by atoms with Crippen molar-refractivity contribution in [2.45, 2.75) is 39.3 Å². The third-order valence-electron chi connectivity index (χ3n) is 3.76. The van der Waals surface area contributed by atoms with Crippen LogP contribution in [-0.2, 0) is 6.54 Å². The van der Waals surface area contributed by atoms with Crippen LogP contribution in [0, 0.1) is 13.8 Å². The van der Waals surface area contributed by atoms with E-state index in [0.717, 1.165) is 17.6 Å². The van der Waals surface area contributed by atoms with E-state index in [0.29, 0.717) is 0 Å². The van der Waals surface area contributed by atoms with E-state index in [2.05, 4.69) is 49.5 Å². The van der Waals surface area contributed by atoms with Crippen LogP contribution >= 0.6 is 11.6 Å². The molecule has 1 saturated carbocycles. The van der Waals surface area contributed by atoms with E-state index in [9.17, 15) is 0 Å². The maximum atomic E-state index is 6.20. The first-order valence-electron chi connectivity index (χ1n) is 7.22. The van der Waals surface area contributed by atoms with Crippen molar-refractivity contribution < 1.29 is 0 Å². The highest BCUT2D eigenvalue weighted by Gasteiger charge is 2.20. The summed E-state index contributed by atoms with van der Waals surface area (Å²) in [5.74, 6) is 0. The second kappa shape index (κ2) is 5.59. The van der Waals surface area contributed by atoms with Crippen LogP contribution in [0.5, 0.6) is 0 Å². The second-order valence-electron chi connectivity index (χ2n) is 5.83. The van der Waals surface area contributed by atoms with Crippen molar-refractivity contribution in [2.75, 3.05) is 0 Å². The van der Waals surface area contributed by atoms with Crippen molar-refractivity contribution in [3.05, 3.63) is 58.1 Å². The third kappa shape index (κ3) is 3.23. The monoisotopic (exact) mass is 285 g/mol. The molecule has 0 heterocycles. The molecule has 0 bridgehead atoms. The van der Waals surface area contributed by atoms with Gasteiger partial charge in [-0.2, -0.15) is 0 Å². The van der Waals surface area contributed by atoms with Crippen molar-refractivity contribution in [1.29, 1.82) is 0 Å². The van der Waals surface area contributed by atoms with Crippen LogP contribution in [-0.4, -0.2) is 6.04 Å². The Labute approximate surface area is 126 Å². The van der Waals surface area contributed by atoms with Crippen LogP contribution in [0.4, 0.5) is 0 Å². The lowest BCUT2D eigenvalue weighted by Gasteiger charge is -2.13. The molecule has 0 aromatic heterocycles. The number of hydrogen-bond acceptors (Lipinski definition) is 1. The minimum atomic E-state index is 0.720. The first-order chi connectivity index (χ1) is 9.61. The van der Waals surface area contributed by atoms with E-state index in [1.54, 1.807) is 0 Å². The molecule has 0 aliphatic heterocycles. The first kappa shape index (κ1) is 13.7. The Balaban J connectivity index is 1.98. The normalized spacial score (nSPS) is 14.6. The van der Waals surface area contributed by atoms with Crippen molar-refractivity contribution >= 4 is 11.6 Å². The van der Waals surface area contributed by atoms with Gasteiger partial charge in [0.1, 0.15) is 0 Å². The lowest BCUT2D eigenvalue weighted by Crippen LogP contribution is -2.15. The average molecular weight is 286 g/mol. The molecule has 1 N–H and O–H groups in total. The maximum Gasteiger partial charge on any atom is 0.0412 e. The van der Waals surface area contributed by atoms with Gasteiger partial charge in [-0.15, -0.1) is 0 Å². The molecule has 1 fully saturated rings. The molecule has 0 radical (unpaired) electrons. The van der Waals surface area contributed by atoms with Crippen molar-refractivity contribution in [1.82, 2.24) is 5.32 Å². The Morgan fingerprint density at radius 3 is 2.40 bits per heavy atom. The van der Waals surface area contributed by atoms with Gasteiger partial charge in [0, 0.05) is 17.6 Å². The Morgan fingerprint density at radius 2 is 1.75 bits per heavy atom. The van der Waals surface area contributed by atoms with E-state index in [1.165, 1.54) is 40.7 Å². The third-order valence-corrected chi connectivity index (χ3v) is 4.00. The lowest BCUT2D eigenvalue weighted by atomic mass is 9.96. The summed E-state index contributed by atoms with van der Waals surface area (Å²) in [6.45, 7) is 5.20. The van der Waals surface area contributed by atoms with Gasteiger partial charge in [-0.25, -0.2) is 0 Å². The van der Waals surface area contributed by atoms with Gasteiger partial charge in [0.2, 0.25) is 0 Å². The summed E-state index contributed by atoms with van der Waals surface area (Å²) in [6.07, 6.45) is 2.62. The van der Waals surface area contributed by atoms with Crippen LogP contribution in [0.25, 0.3) is 11.1 Å². The summed E-state index contributed by atoms with van der Waals surface area (Å²) < 4.78 is 0. The van der Waals surface area contributed by atoms with Gasteiger partial charge in [0.25, 0.3) is 0 Å². The molecule has 2 aromatic rings. The Hall–Kier alpha value is -1.31. The summed E-state index contributed by atoms with van der Waals surface area (Å²) in [4.78, 5) is 0. The van der Waals surface area contributed by atoms with Crippen LogP contribution in [0.2, 0.25) is 5.02 Å². The van der Waals surface area contributed by atoms with Crippen LogP contribution in [0.3, 0.4) is 0 Å². The van der Waals surface area contributed by atoms with E-state index in [4.69, 9.17) is 11.6 Å². The molecule has 2 aromatic carbocycles. The predicted octanol–water partition coefficient (Wildman–Crippen LogP) is 4.88. The quantitative estimate of drug-likeness (QED) is 0.844. The summed E-state index contributed by atoms with van der Waals surface area (Å²) in [5, 5.41) is 4.39. The first-order valence-corrected chi connectivity index (χ1v) is 7.60. The fourth-order valence-electron chi connectivity index (χ4n) is 2.64. The molecule has 0 unspecified atom stereocenters. The zero-order valence-corrected chi connectivity index (χ0v) is 12.8. The predicted molar refractivity (Wildman–Crippen MR) is 86.2 cm³/mol. The minimum absolute atomic E-state index is 0.720. The summed E-state index contributed by atoms with van der Waals surface area (Å²) in [7, 11) is 0. The van der Waals surface area contributed by atoms with Crippen molar-refractivity contribution in [3.63, 3.8) is 0 Å². The molecule has 2 heteroatoms. The summed E-state index contributed by atoms with van der Waals surface area (Å²) in [6, 6.07) is 13.6. The number of halogens is 1. The smallest absolute Gasteiger partial charge is 0.0412 e. The molecule has 1 aliphatic carbocycles. The van der Waals surface area contributed by atoms with Crippen molar-refractivity contribution in [3.8, 4) is 11.1 Å². The molecule has 104 valence electrons. The molecule has 3 rings (SSSR count). The minimum Gasteiger partial charge on any atom is -0.310 e. The van der Waals surface area contributed by atoms with Gasteiger partial charge in [-0.1, -0.05) is 47.0 Å². The molecule has 0 amide bonds. The highest BCUT2D eigenvalue weighted by Crippen LogP contribution is 2.29. The zero-order valence-electron chi connectivity index (χ0n) is 12.0. The number of aryl methyl sites for hydroxylation is 2. The van der Waals surface area contributed by atoms with Crippen LogP contribution < -0.4 is 5.32 Å². The summed E-state index contributed by atoms with van der Waals surface area (Å²) in [5.41, 5.74) is 6.42. The average Bonchev–Trinajstić information content (AvgIpc) is 3.20. The highest BCUT2D eigenvalue weighted by molar-refractivity contribution is 6.30. The number of rotatable bonds is 4.